The number of nitrogens with one attached hydrogen (secondary N) is 2. The van der Waals surface area contributed by atoms with Gasteiger partial charge in [-0.3, -0.25) is 4.79 Å². The SMILES string of the molecule is CCCCNC(=O)CNC1CCC(OC)C1. The number of carbonyl (C=O) groups is 1. The second-order valence-corrected chi connectivity index (χ2v) is 4.45. The van der Waals surface area contributed by atoms with Crippen LogP contribution in [0.4, 0.5) is 0 Å². The highest BCUT2D eigenvalue weighted by Gasteiger charge is 2.24. The first-order chi connectivity index (χ1) is 7.76. The van der Waals surface area contributed by atoms with E-state index in [1.165, 1.54) is 0 Å². The number of unbranched alkanes of at least 4 members (excludes halogenated alkanes) is 1. The monoisotopic (exact) mass is 228 g/mol. The lowest BCUT2D eigenvalue weighted by atomic mass is 10.2. The average Bonchev–Trinajstić information content (AvgIpc) is 2.74. The number of rotatable bonds is 7. The molecule has 0 aliphatic heterocycles. The molecule has 1 fully saturated rings. The summed E-state index contributed by atoms with van der Waals surface area (Å²) in [5.74, 6) is 0.106. The Morgan fingerprint density at radius 2 is 2.25 bits per heavy atom. The van der Waals surface area contributed by atoms with Gasteiger partial charge in [0.2, 0.25) is 5.91 Å². The number of amides is 1. The molecule has 2 N–H and O–H groups in total. The quantitative estimate of drug-likeness (QED) is 0.641. The van der Waals surface area contributed by atoms with Crippen molar-refractivity contribution in [1.29, 1.82) is 0 Å². The summed E-state index contributed by atoms with van der Waals surface area (Å²) >= 11 is 0. The van der Waals surface area contributed by atoms with Gasteiger partial charge in [-0.1, -0.05) is 13.3 Å². The molecule has 4 heteroatoms. The van der Waals surface area contributed by atoms with Crippen LogP contribution in [0, 0.1) is 0 Å². The van der Waals surface area contributed by atoms with Gasteiger partial charge in [-0.05, 0) is 25.7 Å². The lowest BCUT2D eigenvalue weighted by Crippen LogP contribution is -2.38. The zero-order chi connectivity index (χ0) is 11.8. The maximum Gasteiger partial charge on any atom is 0.233 e. The van der Waals surface area contributed by atoms with E-state index in [0.717, 1.165) is 38.6 Å². The maximum absolute atomic E-state index is 11.4. The summed E-state index contributed by atoms with van der Waals surface area (Å²) in [6, 6.07) is 0.446. The zero-order valence-corrected chi connectivity index (χ0v) is 10.4. The van der Waals surface area contributed by atoms with Gasteiger partial charge in [-0.25, -0.2) is 0 Å². The van der Waals surface area contributed by atoms with Gasteiger partial charge in [0.05, 0.1) is 12.6 Å². The van der Waals surface area contributed by atoms with Crippen LogP contribution in [-0.2, 0) is 9.53 Å². The highest BCUT2D eigenvalue weighted by molar-refractivity contribution is 5.77. The van der Waals surface area contributed by atoms with Crippen LogP contribution in [0.25, 0.3) is 0 Å². The van der Waals surface area contributed by atoms with E-state index < -0.39 is 0 Å². The highest BCUT2D eigenvalue weighted by atomic mass is 16.5. The maximum atomic E-state index is 11.4. The fourth-order valence-electron chi connectivity index (χ4n) is 2.04. The predicted molar refractivity (Wildman–Crippen MR) is 64.4 cm³/mol. The highest BCUT2D eigenvalue weighted by Crippen LogP contribution is 2.20. The van der Waals surface area contributed by atoms with Crippen molar-refractivity contribution in [3.05, 3.63) is 0 Å². The van der Waals surface area contributed by atoms with Crippen LogP contribution in [0.5, 0.6) is 0 Å². The van der Waals surface area contributed by atoms with Crippen molar-refractivity contribution in [2.45, 2.75) is 51.2 Å². The van der Waals surface area contributed by atoms with E-state index in [1.807, 2.05) is 0 Å². The first kappa shape index (κ1) is 13.5. The minimum Gasteiger partial charge on any atom is -0.381 e. The Balaban J connectivity index is 2.04. The Morgan fingerprint density at radius 1 is 1.44 bits per heavy atom. The van der Waals surface area contributed by atoms with E-state index in [9.17, 15) is 4.79 Å². The van der Waals surface area contributed by atoms with Gasteiger partial charge >= 0.3 is 0 Å². The van der Waals surface area contributed by atoms with Crippen molar-refractivity contribution in [2.24, 2.45) is 0 Å². The van der Waals surface area contributed by atoms with Gasteiger partial charge in [-0.15, -0.1) is 0 Å². The van der Waals surface area contributed by atoms with Crippen LogP contribution < -0.4 is 10.6 Å². The standard InChI is InChI=1S/C12H24N2O2/c1-3-4-7-13-12(15)9-14-10-5-6-11(8-10)16-2/h10-11,14H,3-9H2,1-2H3,(H,13,15). The molecule has 4 nitrogen and oxygen atoms in total. The van der Waals surface area contributed by atoms with Gasteiger partial charge < -0.3 is 15.4 Å². The van der Waals surface area contributed by atoms with E-state index in [-0.39, 0.29) is 5.91 Å². The third-order valence-corrected chi connectivity index (χ3v) is 3.12. The Morgan fingerprint density at radius 3 is 2.88 bits per heavy atom. The van der Waals surface area contributed by atoms with Crippen LogP contribution >= 0.6 is 0 Å². The third-order valence-electron chi connectivity index (χ3n) is 3.12. The molecule has 1 aliphatic rings. The predicted octanol–water partition coefficient (Wildman–Crippen LogP) is 1.06. The molecule has 1 rings (SSSR count). The molecule has 0 heterocycles. The van der Waals surface area contributed by atoms with Gasteiger partial charge in [0.15, 0.2) is 0 Å². The van der Waals surface area contributed by atoms with Crippen molar-refractivity contribution in [3.63, 3.8) is 0 Å². The number of methoxy groups -OCH3 is 1. The van der Waals surface area contributed by atoms with Crippen molar-refractivity contribution in [1.82, 2.24) is 10.6 Å². The Kier molecular flexibility index (Phi) is 6.42. The van der Waals surface area contributed by atoms with Gasteiger partial charge in [0, 0.05) is 19.7 Å². The number of carbonyl (C=O) groups excluding carboxylic acids is 1. The van der Waals surface area contributed by atoms with Crippen LogP contribution in [0.3, 0.4) is 0 Å². The van der Waals surface area contributed by atoms with Crippen LogP contribution in [0.2, 0.25) is 0 Å². The molecule has 0 spiro atoms. The van der Waals surface area contributed by atoms with E-state index in [1.54, 1.807) is 7.11 Å². The molecule has 0 bridgehead atoms. The largest absolute Gasteiger partial charge is 0.381 e. The fourth-order valence-corrected chi connectivity index (χ4v) is 2.04. The Hall–Kier alpha value is -0.610. The number of hydrogen-bond donors (Lipinski definition) is 2. The van der Waals surface area contributed by atoms with Crippen molar-refractivity contribution in [3.8, 4) is 0 Å². The van der Waals surface area contributed by atoms with Gasteiger partial charge in [-0.2, -0.15) is 0 Å². The first-order valence-corrected chi connectivity index (χ1v) is 6.29. The number of hydrogen-bond acceptors (Lipinski definition) is 3. The third kappa shape index (κ3) is 4.94. The van der Waals surface area contributed by atoms with E-state index in [2.05, 4.69) is 17.6 Å². The van der Waals surface area contributed by atoms with E-state index >= 15 is 0 Å². The first-order valence-electron chi connectivity index (χ1n) is 6.29. The van der Waals surface area contributed by atoms with Crippen LogP contribution in [0.1, 0.15) is 39.0 Å². The Bertz CT molecular complexity index is 209. The molecule has 1 aliphatic carbocycles. The molecular weight excluding hydrogens is 204 g/mol. The normalized spacial score (nSPS) is 24.6. The zero-order valence-electron chi connectivity index (χ0n) is 10.4. The van der Waals surface area contributed by atoms with E-state index in [4.69, 9.17) is 4.74 Å². The minimum atomic E-state index is 0.106. The molecule has 1 amide bonds. The average molecular weight is 228 g/mol. The Labute approximate surface area is 98.1 Å². The summed E-state index contributed by atoms with van der Waals surface area (Å²) < 4.78 is 5.29. The molecule has 0 aromatic rings. The molecule has 94 valence electrons. The number of ether oxygens (including phenoxy) is 1. The summed E-state index contributed by atoms with van der Waals surface area (Å²) in [4.78, 5) is 11.4. The van der Waals surface area contributed by atoms with E-state index in [0.29, 0.717) is 18.7 Å². The lowest BCUT2D eigenvalue weighted by molar-refractivity contribution is -0.120. The van der Waals surface area contributed by atoms with Crippen molar-refractivity contribution in [2.75, 3.05) is 20.2 Å². The second kappa shape index (κ2) is 7.63. The summed E-state index contributed by atoms with van der Waals surface area (Å²) in [6.45, 7) is 3.35. The molecule has 1 saturated carbocycles. The van der Waals surface area contributed by atoms with Crippen molar-refractivity contribution < 1.29 is 9.53 Å². The summed E-state index contributed by atoms with van der Waals surface area (Å²) in [6.07, 6.45) is 5.79. The van der Waals surface area contributed by atoms with Crippen LogP contribution in [0.15, 0.2) is 0 Å². The fraction of sp³-hybridized carbons (Fsp3) is 0.917. The molecule has 16 heavy (non-hydrogen) atoms. The second-order valence-electron chi connectivity index (χ2n) is 4.45. The molecule has 2 unspecified atom stereocenters. The van der Waals surface area contributed by atoms with Gasteiger partial charge in [0.25, 0.3) is 0 Å². The summed E-state index contributed by atoms with van der Waals surface area (Å²) in [7, 11) is 1.75. The van der Waals surface area contributed by atoms with Gasteiger partial charge in [0.1, 0.15) is 0 Å². The molecule has 0 aromatic heterocycles. The smallest absolute Gasteiger partial charge is 0.233 e. The molecule has 0 aromatic carbocycles. The summed E-state index contributed by atoms with van der Waals surface area (Å²) in [5, 5.41) is 6.18. The lowest BCUT2D eigenvalue weighted by Gasteiger charge is -2.12. The van der Waals surface area contributed by atoms with Crippen LogP contribution in [-0.4, -0.2) is 38.3 Å². The molecular formula is C12H24N2O2. The molecule has 0 saturated heterocycles. The summed E-state index contributed by atoms with van der Waals surface area (Å²) in [5.41, 5.74) is 0. The van der Waals surface area contributed by atoms with Crippen molar-refractivity contribution >= 4 is 5.91 Å². The molecule has 2 atom stereocenters. The topological polar surface area (TPSA) is 50.4 Å². The molecule has 0 radical (unpaired) electrons. The minimum absolute atomic E-state index is 0.106.